The summed E-state index contributed by atoms with van der Waals surface area (Å²) in [5.74, 6) is 0.533. The summed E-state index contributed by atoms with van der Waals surface area (Å²) in [5, 5.41) is 7.10. The second kappa shape index (κ2) is 6.00. The minimum Gasteiger partial charge on any atom is -0.323 e. The van der Waals surface area contributed by atoms with Crippen LogP contribution < -0.4 is 5.32 Å². The summed E-state index contributed by atoms with van der Waals surface area (Å²) >= 11 is 0. The van der Waals surface area contributed by atoms with Crippen molar-refractivity contribution in [1.82, 2.24) is 19.7 Å². The highest BCUT2D eigenvalue weighted by atomic mass is 16.1. The third-order valence-corrected chi connectivity index (χ3v) is 3.67. The molecule has 0 atom stereocenters. The van der Waals surface area contributed by atoms with Gasteiger partial charge in [-0.1, -0.05) is 42.5 Å². The fourth-order valence-electron chi connectivity index (χ4n) is 2.54. The molecule has 0 radical (unpaired) electrons. The Balaban J connectivity index is 1.49. The predicted molar refractivity (Wildman–Crippen MR) is 92.0 cm³/mol. The molecule has 4 rings (SSSR count). The van der Waals surface area contributed by atoms with Crippen molar-refractivity contribution in [3.05, 3.63) is 72.6 Å². The molecule has 0 bridgehead atoms. The van der Waals surface area contributed by atoms with E-state index in [1.165, 1.54) is 0 Å². The molecule has 0 aliphatic carbocycles. The highest BCUT2D eigenvalue weighted by Gasteiger charge is 2.09. The van der Waals surface area contributed by atoms with Crippen LogP contribution in [0.5, 0.6) is 0 Å². The Bertz CT molecular complexity index is 954. The number of carbonyl (C=O) groups excluding carboxylic acids is 1. The van der Waals surface area contributed by atoms with Crippen molar-refractivity contribution in [2.45, 2.75) is 6.42 Å². The van der Waals surface area contributed by atoms with Gasteiger partial charge in [-0.15, -0.1) is 0 Å². The molecule has 0 spiro atoms. The Labute approximate surface area is 138 Å². The first-order valence-electron chi connectivity index (χ1n) is 7.61. The van der Waals surface area contributed by atoms with E-state index in [1.54, 1.807) is 17.1 Å². The largest absolute Gasteiger partial charge is 0.323 e. The number of nitrogens with one attached hydrogen (secondary N) is 2. The molecule has 0 saturated heterocycles. The van der Waals surface area contributed by atoms with E-state index >= 15 is 0 Å². The number of imidazole rings is 1. The van der Waals surface area contributed by atoms with Crippen LogP contribution in [0.4, 0.5) is 5.69 Å². The second-order valence-electron chi connectivity index (χ2n) is 5.46. The smallest absolute Gasteiger partial charge is 0.229 e. The molecule has 0 aliphatic heterocycles. The van der Waals surface area contributed by atoms with Crippen LogP contribution in [0.15, 0.2) is 67.0 Å². The number of benzene rings is 2. The number of fused-ring (bicyclic) bond motifs is 1. The summed E-state index contributed by atoms with van der Waals surface area (Å²) in [4.78, 5) is 19.8. The SMILES string of the molecule is O=C(Cc1ccccc1)Nc1cnn(-c2nc3ccccc3[nH]2)c1. The molecule has 0 saturated carbocycles. The van der Waals surface area contributed by atoms with Crippen LogP contribution in [-0.2, 0) is 11.2 Å². The van der Waals surface area contributed by atoms with Gasteiger partial charge in [0.1, 0.15) is 0 Å². The van der Waals surface area contributed by atoms with Gasteiger partial charge in [-0.25, -0.2) is 9.67 Å². The third kappa shape index (κ3) is 2.89. The highest BCUT2D eigenvalue weighted by molar-refractivity contribution is 5.92. The summed E-state index contributed by atoms with van der Waals surface area (Å²) < 4.78 is 1.61. The van der Waals surface area contributed by atoms with Crippen LogP contribution in [0.1, 0.15) is 5.56 Å². The van der Waals surface area contributed by atoms with E-state index in [4.69, 9.17) is 0 Å². The van der Waals surface area contributed by atoms with E-state index in [0.717, 1.165) is 16.6 Å². The number of aromatic amines is 1. The minimum atomic E-state index is -0.0784. The Morgan fingerprint density at radius 1 is 1.08 bits per heavy atom. The lowest BCUT2D eigenvalue weighted by atomic mass is 10.1. The van der Waals surface area contributed by atoms with Gasteiger partial charge < -0.3 is 10.3 Å². The molecule has 24 heavy (non-hydrogen) atoms. The van der Waals surface area contributed by atoms with E-state index in [-0.39, 0.29) is 5.91 Å². The van der Waals surface area contributed by atoms with Crippen molar-refractivity contribution in [1.29, 1.82) is 0 Å². The van der Waals surface area contributed by atoms with Crippen molar-refractivity contribution in [3.8, 4) is 5.95 Å². The number of aromatic nitrogens is 4. The molecule has 0 fully saturated rings. The summed E-state index contributed by atoms with van der Waals surface area (Å²) in [6.07, 6.45) is 3.67. The van der Waals surface area contributed by atoms with E-state index < -0.39 is 0 Å². The topological polar surface area (TPSA) is 75.6 Å². The molecule has 2 aromatic carbocycles. The first kappa shape index (κ1) is 14.2. The standard InChI is InChI=1S/C18H15N5O/c24-17(10-13-6-2-1-3-7-13)20-14-11-19-23(12-14)18-21-15-8-4-5-9-16(15)22-18/h1-9,11-12H,10H2,(H,20,24)(H,21,22). The van der Waals surface area contributed by atoms with E-state index in [1.807, 2.05) is 54.6 Å². The number of amides is 1. The van der Waals surface area contributed by atoms with Gasteiger partial charge >= 0.3 is 0 Å². The second-order valence-corrected chi connectivity index (χ2v) is 5.46. The van der Waals surface area contributed by atoms with Gasteiger partial charge in [-0.3, -0.25) is 4.79 Å². The number of hydrogen-bond donors (Lipinski definition) is 2. The molecule has 2 N–H and O–H groups in total. The summed E-state index contributed by atoms with van der Waals surface area (Å²) in [5.41, 5.74) is 3.42. The van der Waals surface area contributed by atoms with Gasteiger partial charge in [0.2, 0.25) is 11.9 Å². The maximum absolute atomic E-state index is 12.1. The molecule has 6 heteroatoms. The Hall–Kier alpha value is -3.41. The van der Waals surface area contributed by atoms with Gasteiger partial charge in [-0.05, 0) is 17.7 Å². The fraction of sp³-hybridized carbons (Fsp3) is 0.0556. The average molecular weight is 317 g/mol. The van der Waals surface area contributed by atoms with Gasteiger partial charge in [0.25, 0.3) is 0 Å². The zero-order valence-corrected chi connectivity index (χ0v) is 12.8. The molecule has 2 aromatic heterocycles. The minimum absolute atomic E-state index is 0.0784. The van der Waals surface area contributed by atoms with Crippen LogP contribution in [0.3, 0.4) is 0 Å². The lowest BCUT2D eigenvalue weighted by molar-refractivity contribution is -0.115. The Morgan fingerprint density at radius 3 is 2.71 bits per heavy atom. The molecular weight excluding hydrogens is 302 g/mol. The molecule has 4 aromatic rings. The van der Waals surface area contributed by atoms with Crippen LogP contribution in [0, 0.1) is 0 Å². The Kier molecular flexibility index (Phi) is 3.55. The number of nitrogens with zero attached hydrogens (tertiary/aromatic N) is 3. The van der Waals surface area contributed by atoms with Gasteiger partial charge in [-0.2, -0.15) is 5.10 Å². The molecule has 118 valence electrons. The maximum atomic E-state index is 12.1. The van der Waals surface area contributed by atoms with Crippen molar-refractivity contribution in [2.24, 2.45) is 0 Å². The summed E-state index contributed by atoms with van der Waals surface area (Å²) in [7, 11) is 0. The quantitative estimate of drug-likeness (QED) is 0.607. The summed E-state index contributed by atoms with van der Waals surface area (Å²) in [6, 6.07) is 17.4. The monoisotopic (exact) mass is 317 g/mol. The van der Waals surface area contributed by atoms with E-state index in [9.17, 15) is 4.79 Å². The zero-order valence-electron chi connectivity index (χ0n) is 12.8. The van der Waals surface area contributed by atoms with Gasteiger partial charge in [0.15, 0.2) is 0 Å². The van der Waals surface area contributed by atoms with Crippen molar-refractivity contribution in [2.75, 3.05) is 5.32 Å². The molecule has 2 heterocycles. The van der Waals surface area contributed by atoms with Crippen molar-refractivity contribution < 1.29 is 4.79 Å². The third-order valence-electron chi connectivity index (χ3n) is 3.67. The van der Waals surface area contributed by atoms with Crippen molar-refractivity contribution in [3.63, 3.8) is 0 Å². The lowest BCUT2D eigenvalue weighted by Crippen LogP contribution is -2.13. The van der Waals surface area contributed by atoms with Crippen LogP contribution in [0.2, 0.25) is 0 Å². The highest BCUT2D eigenvalue weighted by Crippen LogP contribution is 2.15. The molecule has 0 unspecified atom stereocenters. The lowest BCUT2D eigenvalue weighted by Gasteiger charge is -2.02. The molecule has 6 nitrogen and oxygen atoms in total. The number of rotatable bonds is 4. The molecule has 0 aliphatic rings. The first-order valence-corrected chi connectivity index (χ1v) is 7.61. The van der Waals surface area contributed by atoms with E-state index in [0.29, 0.717) is 18.1 Å². The number of carbonyl (C=O) groups is 1. The fourth-order valence-corrected chi connectivity index (χ4v) is 2.54. The normalized spacial score (nSPS) is 10.8. The molecular formula is C18H15N5O. The van der Waals surface area contributed by atoms with Crippen LogP contribution in [-0.4, -0.2) is 25.7 Å². The number of anilines is 1. The Morgan fingerprint density at radius 2 is 1.88 bits per heavy atom. The maximum Gasteiger partial charge on any atom is 0.229 e. The summed E-state index contributed by atoms with van der Waals surface area (Å²) in [6.45, 7) is 0. The first-order chi connectivity index (χ1) is 11.8. The number of H-pyrrole nitrogens is 1. The van der Waals surface area contributed by atoms with E-state index in [2.05, 4.69) is 20.4 Å². The zero-order chi connectivity index (χ0) is 16.4. The average Bonchev–Trinajstić information content (AvgIpc) is 3.22. The van der Waals surface area contributed by atoms with Crippen LogP contribution >= 0.6 is 0 Å². The number of hydrogen-bond acceptors (Lipinski definition) is 3. The van der Waals surface area contributed by atoms with Crippen LogP contribution in [0.25, 0.3) is 17.0 Å². The van der Waals surface area contributed by atoms with Crippen molar-refractivity contribution >= 4 is 22.6 Å². The van der Waals surface area contributed by atoms with Gasteiger partial charge in [0.05, 0.1) is 35.5 Å². The predicted octanol–water partition coefficient (Wildman–Crippen LogP) is 2.93. The molecule has 1 amide bonds. The number of para-hydroxylation sites is 2. The van der Waals surface area contributed by atoms with Gasteiger partial charge in [0, 0.05) is 0 Å².